The van der Waals surface area contributed by atoms with E-state index in [0.29, 0.717) is 21.9 Å². The topological polar surface area (TPSA) is 37.4 Å². The lowest BCUT2D eigenvalue weighted by atomic mass is 10.1. The lowest BCUT2D eigenvalue weighted by Gasteiger charge is -2.21. The molecule has 3 nitrogen and oxygen atoms in total. The van der Waals surface area contributed by atoms with Gasteiger partial charge in [0.15, 0.2) is 0 Å². The first-order chi connectivity index (χ1) is 8.93. The van der Waals surface area contributed by atoms with Crippen molar-refractivity contribution in [3.8, 4) is 0 Å². The summed E-state index contributed by atoms with van der Waals surface area (Å²) in [6.45, 7) is 1.93. The van der Waals surface area contributed by atoms with Crippen LogP contribution in [0.3, 0.4) is 0 Å². The van der Waals surface area contributed by atoms with E-state index in [1.165, 1.54) is 0 Å². The van der Waals surface area contributed by atoms with Crippen molar-refractivity contribution in [2.75, 3.05) is 14.1 Å². The summed E-state index contributed by atoms with van der Waals surface area (Å²) in [4.78, 5) is 2.43. The van der Waals surface area contributed by atoms with Crippen molar-refractivity contribution in [3.05, 3.63) is 59.0 Å². The lowest BCUT2D eigenvalue weighted by molar-refractivity contribution is 0.518. The molecule has 0 saturated carbocycles. The molecule has 4 heteroatoms. The van der Waals surface area contributed by atoms with E-state index in [2.05, 4.69) is 6.08 Å². The molecule has 0 atom stereocenters. The van der Waals surface area contributed by atoms with Crippen molar-refractivity contribution < 1.29 is 8.42 Å². The Balaban J connectivity index is 2.55. The van der Waals surface area contributed by atoms with Gasteiger partial charge in [0.2, 0.25) is 9.84 Å². The number of allylic oxidation sites excluding steroid dienone is 3. The van der Waals surface area contributed by atoms with Gasteiger partial charge < -0.3 is 4.90 Å². The predicted molar refractivity (Wildman–Crippen MR) is 75.8 cm³/mol. The summed E-state index contributed by atoms with van der Waals surface area (Å²) in [6.07, 6.45) is 7.19. The van der Waals surface area contributed by atoms with Gasteiger partial charge in [0.1, 0.15) is 0 Å². The van der Waals surface area contributed by atoms with Crippen molar-refractivity contribution >= 4 is 9.84 Å². The van der Waals surface area contributed by atoms with E-state index >= 15 is 0 Å². The zero-order valence-electron chi connectivity index (χ0n) is 11.3. The summed E-state index contributed by atoms with van der Waals surface area (Å²) >= 11 is 0. The standard InChI is InChI=1S/C15H17NO2S/c1-12-8-10-13(11-9-12)19(17,18)15-7-5-4-6-14(15)16(2)3/h4,7-11H,5H2,1-3H3. The van der Waals surface area contributed by atoms with E-state index in [0.717, 1.165) is 5.56 Å². The Labute approximate surface area is 115 Å². The molecule has 0 heterocycles. The Morgan fingerprint density at radius 2 is 1.79 bits per heavy atom. The van der Waals surface area contributed by atoms with Gasteiger partial charge in [0, 0.05) is 26.6 Å². The number of hydrogen-bond acceptors (Lipinski definition) is 3. The van der Waals surface area contributed by atoms with E-state index in [1.54, 1.807) is 23.5 Å². The number of nitrogens with zero attached hydrogens (tertiary/aromatic N) is 1. The largest absolute Gasteiger partial charge is 0.376 e. The second kappa shape index (κ2) is 5.21. The highest BCUT2D eigenvalue weighted by Gasteiger charge is 2.26. The van der Waals surface area contributed by atoms with Gasteiger partial charge in [-0.15, -0.1) is 0 Å². The van der Waals surface area contributed by atoms with Gasteiger partial charge in [-0.25, -0.2) is 8.42 Å². The summed E-state index contributed by atoms with van der Waals surface area (Å²) in [7, 11) is 0.166. The summed E-state index contributed by atoms with van der Waals surface area (Å²) in [5.41, 5.74) is 1.65. The van der Waals surface area contributed by atoms with Gasteiger partial charge in [-0.3, -0.25) is 0 Å². The number of rotatable bonds is 3. The molecule has 0 fully saturated rings. The molecular formula is C15H17NO2S. The van der Waals surface area contributed by atoms with Gasteiger partial charge in [-0.05, 0) is 25.5 Å². The molecule has 1 aliphatic rings. The van der Waals surface area contributed by atoms with Gasteiger partial charge in [-0.2, -0.15) is 0 Å². The predicted octanol–water partition coefficient (Wildman–Crippen LogP) is 2.51. The highest BCUT2D eigenvalue weighted by molar-refractivity contribution is 7.95. The van der Waals surface area contributed by atoms with E-state index in [-0.39, 0.29) is 0 Å². The Morgan fingerprint density at radius 1 is 1.16 bits per heavy atom. The van der Waals surface area contributed by atoms with Gasteiger partial charge in [0.05, 0.1) is 15.5 Å². The van der Waals surface area contributed by atoms with E-state index in [1.807, 2.05) is 39.2 Å². The highest BCUT2D eigenvalue weighted by atomic mass is 32.2. The molecule has 100 valence electrons. The zero-order chi connectivity index (χ0) is 14.0. The van der Waals surface area contributed by atoms with E-state index in [4.69, 9.17) is 0 Å². The molecule has 2 rings (SSSR count). The molecule has 1 aromatic rings. The molecule has 0 N–H and O–H groups in total. The molecule has 0 spiro atoms. The van der Waals surface area contributed by atoms with Gasteiger partial charge >= 0.3 is 0 Å². The van der Waals surface area contributed by atoms with Crippen LogP contribution in [0.2, 0.25) is 0 Å². The quantitative estimate of drug-likeness (QED) is 0.850. The third-order valence-electron chi connectivity index (χ3n) is 2.96. The SMILES string of the molecule is Cc1ccc(S(=O)(=O)C2=C(N(C)C)[C]=CC[CH]2)cc1. The fraction of sp³-hybridized carbons (Fsp3) is 0.267. The van der Waals surface area contributed by atoms with Crippen LogP contribution in [0.25, 0.3) is 0 Å². The zero-order valence-corrected chi connectivity index (χ0v) is 12.2. The molecule has 2 radical (unpaired) electrons. The summed E-state index contributed by atoms with van der Waals surface area (Å²) in [6, 6.07) is 6.92. The molecule has 19 heavy (non-hydrogen) atoms. The maximum Gasteiger partial charge on any atom is 0.205 e. The van der Waals surface area contributed by atoms with Crippen LogP contribution in [-0.4, -0.2) is 27.4 Å². The van der Waals surface area contributed by atoms with E-state index < -0.39 is 9.84 Å². The summed E-state index contributed by atoms with van der Waals surface area (Å²) in [5, 5.41) is 0. The fourth-order valence-electron chi connectivity index (χ4n) is 1.92. The van der Waals surface area contributed by atoms with Crippen molar-refractivity contribution in [3.63, 3.8) is 0 Å². The van der Waals surface area contributed by atoms with Crippen molar-refractivity contribution in [1.29, 1.82) is 0 Å². The number of benzene rings is 1. The first-order valence-corrected chi connectivity index (χ1v) is 7.56. The average molecular weight is 275 g/mol. The Bertz CT molecular complexity index is 623. The second-order valence-electron chi connectivity index (χ2n) is 4.71. The first-order valence-electron chi connectivity index (χ1n) is 6.07. The average Bonchev–Trinajstić information content (AvgIpc) is 2.39. The van der Waals surface area contributed by atoms with Crippen LogP contribution in [0, 0.1) is 19.4 Å². The maximum atomic E-state index is 12.6. The van der Waals surface area contributed by atoms with Crippen molar-refractivity contribution in [2.45, 2.75) is 18.2 Å². The first kappa shape index (κ1) is 13.9. The van der Waals surface area contributed by atoms with Gasteiger partial charge in [0.25, 0.3) is 0 Å². The summed E-state index contributed by atoms with van der Waals surface area (Å²) in [5.74, 6) is 0. The lowest BCUT2D eigenvalue weighted by Crippen LogP contribution is -2.19. The molecule has 0 unspecified atom stereocenters. The van der Waals surface area contributed by atoms with Crippen LogP contribution in [0.15, 0.2) is 45.8 Å². The molecule has 0 amide bonds. The number of likely N-dealkylation sites (N-methyl/N-ethyl adjacent to an activating group) is 1. The van der Waals surface area contributed by atoms with Crippen LogP contribution >= 0.6 is 0 Å². The minimum Gasteiger partial charge on any atom is -0.376 e. The molecule has 1 aromatic carbocycles. The highest BCUT2D eigenvalue weighted by Crippen LogP contribution is 2.29. The fourth-order valence-corrected chi connectivity index (χ4v) is 3.48. The minimum absolute atomic E-state index is 0.326. The normalized spacial score (nSPS) is 15.7. The number of sulfone groups is 1. The minimum atomic E-state index is -3.47. The molecule has 0 aromatic heterocycles. The monoisotopic (exact) mass is 275 g/mol. The maximum absolute atomic E-state index is 12.6. The molecule has 0 saturated heterocycles. The van der Waals surface area contributed by atoms with Crippen molar-refractivity contribution in [2.24, 2.45) is 0 Å². The van der Waals surface area contributed by atoms with Crippen LogP contribution in [0.4, 0.5) is 0 Å². The smallest absolute Gasteiger partial charge is 0.205 e. The van der Waals surface area contributed by atoms with Crippen LogP contribution in [0.5, 0.6) is 0 Å². The molecular weight excluding hydrogens is 258 g/mol. The van der Waals surface area contributed by atoms with Crippen LogP contribution in [-0.2, 0) is 9.84 Å². The third kappa shape index (κ3) is 2.73. The van der Waals surface area contributed by atoms with Crippen molar-refractivity contribution in [1.82, 2.24) is 4.90 Å². The molecule has 0 bridgehead atoms. The van der Waals surface area contributed by atoms with Crippen LogP contribution < -0.4 is 0 Å². The van der Waals surface area contributed by atoms with Gasteiger partial charge in [-0.1, -0.05) is 23.8 Å². The van der Waals surface area contributed by atoms with Crippen LogP contribution in [0.1, 0.15) is 12.0 Å². The number of hydrogen-bond donors (Lipinski definition) is 0. The molecule has 1 aliphatic carbocycles. The molecule has 0 aliphatic heterocycles. The Morgan fingerprint density at radius 3 is 2.37 bits per heavy atom. The Kier molecular flexibility index (Phi) is 3.80. The number of aryl methyl sites for hydroxylation is 1. The second-order valence-corrected chi connectivity index (χ2v) is 6.63. The van der Waals surface area contributed by atoms with E-state index in [9.17, 15) is 8.42 Å². The summed E-state index contributed by atoms with van der Waals surface area (Å²) < 4.78 is 25.3. The Hall–Kier alpha value is -1.55. The third-order valence-corrected chi connectivity index (χ3v) is 4.79.